The predicted octanol–water partition coefficient (Wildman–Crippen LogP) is 3.49. The lowest BCUT2D eigenvalue weighted by Gasteiger charge is -2.12. The zero-order chi connectivity index (χ0) is 17.9. The van der Waals surface area contributed by atoms with E-state index in [1.165, 1.54) is 24.3 Å². The zero-order valence-electron chi connectivity index (χ0n) is 14.3. The molecule has 134 valence electrons. The molecule has 0 saturated carbocycles. The Labute approximate surface area is 146 Å². The molecule has 0 radical (unpaired) electrons. The Bertz CT molecular complexity index is 657. The average molecular weight is 347 g/mol. The van der Waals surface area contributed by atoms with E-state index in [0.717, 1.165) is 24.9 Å². The zero-order valence-corrected chi connectivity index (χ0v) is 14.3. The number of rotatable bonds is 8. The Kier molecular flexibility index (Phi) is 7.69. The third kappa shape index (κ3) is 7.20. The molecule has 0 aliphatic carbocycles. The third-order valence-electron chi connectivity index (χ3n) is 3.54. The highest BCUT2D eigenvalue weighted by molar-refractivity contribution is 5.79. The first kappa shape index (κ1) is 18.7. The Morgan fingerprint density at radius 2 is 1.56 bits per heavy atom. The smallest absolute Gasteiger partial charge is 0.191 e. The van der Waals surface area contributed by atoms with Gasteiger partial charge in [0.15, 0.2) is 5.96 Å². The fourth-order valence-corrected chi connectivity index (χ4v) is 2.16. The lowest BCUT2D eigenvalue weighted by atomic mass is 10.2. The van der Waals surface area contributed by atoms with E-state index in [2.05, 4.69) is 15.6 Å². The minimum absolute atomic E-state index is 0.242. The summed E-state index contributed by atoms with van der Waals surface area (Å²) >= 11 is 0. The second-order valence-electron chi connectivity index (χ2n) is 5.49. The molecule has 6 heteroatoms. The number of ether oxygens (including phenoxy) is 1. The van der Waals surface area contributed by atoms with Crippen LogP contribution in [0.1, 0.15) is 18.4 Å². The van der Waals surface area contributed by atoms with Crippen molar-refractivity contribution in [2.45, 2.75) is 19.4 Å². The summed E-state index contributed by atoms with van der Waals surface area (Å²) in [5.41, 5.74) is 0.983. The number of aliphatic imine (C=N–C) groups is 1. The molecule has 0 atom stereocenters. The van der Waals surface area contributed by atoms with Crippen LogP contribution in [-0.4, -0.2) is 26.2 Å². The Hall–Kier alpha value is -2.63. The molecule has 2 rings (SSSR count). The summed E-state index contributed by atoms with van der Waals surface area (Å²) in [6.07, 6.45) is 1.79. The van der Waals surface area contributed by atoms with Crippen molar-refractivity contribution >= 4 is 5.96 Å². The second kappa shape index (κ2) is 10.3. The molecule has 4 nitrogen and oxygen atoms in total. The summed E-state index contributed by atoms with van der Waals surface area (Å²) in [5, 5.41) is 6.39. The van der Waals surface area contributed by atoms with Crippen LogP contribution < -0.4 is 15.4 Å². The maximum Gasteiger partial charge on any atom is 0.191 e. The number of halogens is 2. The molecule has 0 aliphatic rings. The van der Waals surface area contributed by atoms with Crippen LogP contribution in [0, 0.1) is 11.6 Å². The molecule has 2 N–H and O–H groups in total. The number of guanidine groups is 1. The largest absolute Gasteiger partial charge is 0.494 e. The predicted molar refractivity (Wildman–Crippen MR) is 95.7 cm³/mol. The first-order valence-corrected chi connectivity index (χ1v) is 8.24. The minimum atomic E-state index is -0.268. The molecule has 0 heterocycles. The van der Waals surface area contributed by atoms with Crippen LogP contribution in [0.3, 0.4) is 0 Å². The quantitative estimate of drug-likeness (QED) is 0.436. The lowest BCUT2D eigenvalue weighted by Crippen LogP contribution is -2.37. The Balaban J connectivity index is 1.57. The van der Waals surface area contributed by atoms with Crippen molar-refractivity contribution in [3.63, 3.8) is 0 Å². The van der Waals surface area contributed by atoms with Gasteiger partial charge in [-0.3, -0.25) is 4.99 Å². The maximum absolute atomic E-state index is 12.9. The van der Waals surface area contributed by atoms with Gasteiger partial charge in [0.1, 0.15) is 17.4 Å². The lowest BCUT2D eigenvalue weighted by molar-refractivity contribution is 0.306. The van der Waals surface area contributed by atoms with E-state index in [4.69, 9.17) is 4.74 Å². The SMILES string of the molecule is CN=C(NCCCCOc1ccc(F)cc1)NCc1ccc(F)cc1. The fourth-order valence-electron chi connectivity index (χ4n) is 2.16. The summed E-state index contributed by atoms with van der Waals surface area (Å²) in [6.45, 7) is 1.92. The summed E-state index contributed by atoms with van der Waals surface area (Å²) in [4.78, 5) is 4.15. The van der Waals surface area contributed by atoms with Gasteiger partial charge < -0.3 is 15.4 Å². The molecular formula is C19H23F2N3O. The normalized spacial score (nSPS) is 11.2. The van der Waals surface area contributed by atoms with Crippen LogP contribution >= 0.6 is 0 Å². The van der Waals surface area contributed by atoms with Crippen LogP contribution in [0.15, 0.2) is 53.5 Å². The molecule has 0 bridgehead atoms. The third-order valence-corrected chi connectivity index (χ3v) is 3.54. The molecule has 0 saturated heterocycles. The number of hydrogen-bond donors (Lipinski definition) is 2. The van der Waals surface area contributed by atoms with E-state index in [9.17, 15) is 8.78 Å². The molecule has 25 heavy (non-hydrogen) atoms. The van der Waals surface area contributed by atoms with Crippen LogP contribution in [0.4, 0.5) is 8.78 Å². The molecule has 0 spiro atoms. The van der Waals surface area contributed by atoms with Crippen molar-refractivity contribution in [3.05, 3.63) is 65.7 Å². The minimum Gasteiger partial charge on any atom is -0.494 e. The summed E-state index contributed by atoms with van der Waals surface area (Å²) < 4.78 is 31.2. The highest BCUT2D eigenvalue weighted by Gasteiger charge is 1.99. The van der Waals surface area contributed by atoms with Gasteiger partial charge >= 0.3 is 0 Å². The number of hydrogen-bond acceptors (Lipinski definition) is 2. The molecule has 0 fully saturated rings. The van der Waals surface area contributed by atoms with Gasteiger partial charge in [-0.15, -0.1) is 0 Å². The molecule has 0 aromatic heterocycles. The first-order chi connectivity index (χ1) is 12.2. The van der Waals surface area contributed by atoms with Gasteiger partial charge in [0.2, 0.25) is 0 Å². The molecular weight excluding hydrogens is 324 g/mol. The summed E-state index contributed by atoms with van der Waals surface area (Å²) in [6, 6.07) is 12.4. The van der Waals surface area contributed by atoms with Gasteiger partial charge in [0, 0.05) is 20.1 Å². The van der Waals surface area contributed by atoms with E-state index < -0.39 is 0 Å². The number of nitrogens with one attached hydrogen (secondary N) is 2. The first-order valence-electron chi connectivity index (χ1n) is 8.24. The summed E-state index contributed by atoms with van der Waals surface area (Å²) in [5.74, 6) is 0.861. The van der Waals surface area contributed by atoms with Crippen LogP contribution in [-0.2, 0) is 6.54 Å². The van der Waals surface area contributed by atoms with Crippen molar-refractivity contribution in [2.75, 3.05) is 20.2 Å². The van der Waals surface area contributed by atoms with Gasteiger partial charge in [-0.1, -0.05) is 12.1 Å². The van der Waals surface area contributed by atoms with Gasteiger partial charge in [-0.05, 0) is 54.8 Å². The van der Waals surface area contributed by atoms with Gasteiger partial charge in [0.25, 0.3) is 0 Å². The van der Waals surface area contributed by atoms with Crippen LogP contribution in [0.5, 0.6) is 5.75 Å². The van der Waals surface area contributed by atoms with E-state index >= 15 is 0 Å². The fraction of sp³-hybridized carbons (Fsp3) is 0.316. The molecule has 2 aromatic rings. The average Bonchev–Trinajstić information content (AvgIpc) is 2.63. The Morgan fingerprint density at radius 3 is 2.20 bits per heavy atom. The molecule has 0 aliphatic heterocycles. The highest BCUT2D eigenvalue weighted by Crippen LogP contribution is 2.11. The number of benzene rings is 2. The van der Waals surface area contributed by atoms with Crippen LogP contribution in [0.25, 0.3) is 0 Å². The molecule has 0 unspecified atom stereocenters. The molecule has 2 aromatic carbocycles. The van der Waals surface area contributed by atoms with Crippen molar-refractivity contribution in [1.29, 1.82) is 0 Å². The maximum atomic E-state index is 12.9. The second-order valence-corrected chi connectivity index (χ2v) is 5.49. The topological polar surface area (TPSA) is 45.7 Å². The van der Waals surface area contributed by atoms with Gasteiger partial charge in [0.05, 0.1) is 6.61 Å². The highest BCUT2D eigenvalue weighted by atomic mass is 19.1. The molecule has 0 amide bonds. The van der Waals surface area contributed by atoms with E-state index in [1.807, 2.05) is 0 Å². The monoisotopic (exact) mass is 347 g/mol. The van der Waals surface area contributed by atoms with Crippen LogP contribution in [0.2, 0.25) is 0 Å². The van der Waals surface area contributed by atoms with Crippen molar-refractivity contribution in [1.82, 2.24) is 10.6 Å². The standard InChI is InChI=1S/C19H23F2N3O/c1-22-19(24-14-15-4-6-16(20)7-5-15)23-12-2-3-13-25-18-10-8-17(21)9-11-18/h4-11H,2-3,12-14H2,1H3,(H2,22,23,24). The van der Waals surface area contributed by atoms with Gasteiger partial charge in [-0.25, -0.2) is 8.78 Å². The van der Waals surface area contributed by atoms with E-state index in [-0.39, 0.29) is 11.6 Å². The van der Waals surface area contributed by atoms with E-state index in [0.29, 0.717) is 24.9 Å². The number of nitrogens with zero attached hydrogens (tertiary/aromatic N) is 1. The van der Waals surface area contributed by atoms with Crippen molar-refractivity contribution in [3.8, 4) is 5.75 Å². The van der Waals surface area contributed by atoms with E-state index in [1.54, 1.807) is 31.3 Å². The van der Waals surface area contributed by atoms with Crippen molar-refractivity contribution < 1.29 is 13.5 Å². The number of unbranched alkanes of at least 4 members (excludes halogenated alkanes) is 1. The summed E-state index contributed by atoms with van der Waals surface area (Å²) in [7, 11) is 1.71. The van der Waals surface area contributed by atoms with Gasteiger partial charge in [-0.2, -0.15) is 0 Å². The Morgan fingerprint density at radius 1 is 0.920 bits per heavy atom. The van der Waals surface area contributed by atoms with Crippen molar-refractivity contribution in [2.24, 2.45) is 4.99 Å².